The Morgan fingerprint density at radius 1 is 1.00 bits per heavy atom. The van der Waals surface area contributed by atoms with E-state index in [2.05, 4.69) is 6.58 Å². The number of carbonyl (C=O) groups is 3. The highest BCUT2D eigenvalue weighted by Crippen LogP contribution is 2.54. The molecule has 0 unspecified atom stereocenters. The van der Waals surface area contributed by atoms with Gasteiger partial charge in [0.25, 0.3) is 0 Å². The second kappa shape index (κ2) is 8.31. The summed E-state index contributed by atoms with van der Waals surface area (Å²) in [7, 11) is 0. The van der Waals surface area contributed by atoms with Crippen molar-refractivity contribution in [3.8, 4) is 23.0 Å². The van der Waals surface area contributed by atoms with Gasteiger partial charge in [-0.3, -0.25) is 14.4 Å². The summed E-state index contributed by atoms with van der Waals surface area (Å²) < 4.78 is 22.5. The minimum absolute atomic E-state index is 0.00778. The third-order valence-electron chi connectivity index (χ3n) is 5.06. The van der Waals surface area contributed by atoms with Gasteiger partial charge in [-0.2, -0.15) is 0 Å². The summed E-state index contributed by atoms with van der Waals surface area (Å²) in [4.78, 5) is 35.7. The van der Waals surface area contributed by atoms with Crippen LogP contribution in [0.5, 0.6) is 23.0 Å². The van der Waals surface area contributed by atoms with Crippen LogP contribution in [0.25, 0.3) is 0 Å². The molecule has 0 bridgehead atoms. The van der Waals surface area contributed by atoms with Crippen LogP contribution in [0.15, 0.2) is 72.5 Å². The predicted octanol–water partition coefficient (Wildman–Crippen LogP) is 3.79. The van der Waals surface area contributed by atoms with Gasteiger partial charge in [0, 0.05) is 42.8 Å². The standard InChI is InChI=1S/C25H21NO7/c1-14-11-17(26)5-4-6-24(29)33-25(14)20-9-7-18(30-15(2)27)12-22(20)32-23-13-19(31-16(3)28)8-10-21(23)25/h4-5,7-13H,1,6,26H2,2-3H3/b5-4-,17-11+. The second-order valence-electron chi connectivity index (χ2n) is 7.54. The van der Waals surface area contributed by atoms with Crippen LogP contribution >= 0.6 is 0 Å². The molecule has 8 heteroatoms. The maximum Gasteiger partial charge on any atom is 0.311 e. The molecule has 0 amide bonds. The first-order valence-corrected chi connectivity index (χ1v) is 10.1. The highest BCUT2D eigenvalue weighted by Gasteiger charge is 2.48. The molecule has 0 atom stereocenters. The monoisotopic (exact) mass is 447 g/mol. The van der Waals surface area contributed by atoms with Gasteiger partial charge < -0.3 is 24.7 Å². The van der Waals surface area contributed by atoms with Crippen molar-refractivity contribution in [1.29, 1.82) is 0 Å². The summed E-state index contributed by atoms with van der Waals surface area (Å²) in [6.45, 7) is 6.73. The molecule has 1 spiro atoms. The fourth-order valence-electron chi connectivity index (χ4n) is 3.85. The molecule has 2 aromatic rings. The normalized spacial score (nSPS) is 18.7. The average molecular weight is 447 g/mol. The molecule has 2 N–H and O–H groups in total. The minimum Gasteiger partial charge on any atom is -0.456 e. The van der Waals surface area contributed by atoms with E-state index in [0.717, 1.165) is 0 Å². The molecule has 0 saturated heterocycles. The molecule has 0 radical (unpaired) electrons. The van der Waals surface area contributed by atoms with Crippen LogP contribution in [0.1, 0.15) is 31.4 Å². The van der Waals surface area contributed by atoms with Crippen molar-refractivity contribution in [2.45, 2.75) is 25.9 Å². The van der Waals surface area contributed by atoms with Gasteiger partial charge in [-0.05, 0) is 42.0 Å². The molecule has 0 fully saturated rings. The van der Waals surface area contributed by atoms with Gasteiger partial charge in [0.05, 0.1) is 6.42 Å². The molecular formula is C25H21NO7. The van der Waals surface area contributed by atoms with Gasteiger partial charge in [0.2, 0.25) is 0 Å². The maximum absolute atomic E-state index is 12.8. The Hall–Kier alpha value is -4.33. The van der Waals surface area contributed by atoms with Crippen molar-refractivity contribution in [3.05, 3.63) is 83.6 Å². The molecule has 0 saturated carbocycles. The maximum atomic E-state index is 12.8. The zero-order valence-electron chi connectivity index (χ0n) is 18.0. The molecule has 8 nitrogen and oxygen atoms in total. The van der Waals surface area contributed by atoms with E-state index in [-0.39, 0.29) is 29.4 Å². The van der Waals surface area contributed by atoms with Crippen molar-refractivity contribution >= 4 is 17.9 Å². The smallest absolute Gasteiger partial charge is 0.311 e. The molecule has 33 heavy (non-hydrogen) atoms. The summed E-state index contributed by atoms with van der Waals surface area (Å²) in [5, 5.41) is 0. The van der Waals surface area contributed by atoms with Crippen LogP contribution in [-0.2, 0) is 24.7 Å². The Labute approximate surface area is 189 Å². The average Bonchev–Trinajstić information content (AvgIpc) is 2.76. The van der Waals surface area contributed by atoms with E-state index in [0.29, 0.717) is 22.4 Å². The van der Waals surface area contributed by atoms with Gasteiger partial charge in [-0.1, -0.05) is 12.7 Å². The molecule has 168 valence electrons. The Morgan fingerprint density at radius 2 is 1.55 bits per heavy atom. The van der Waals surface area contributed by atoms with E-state index < -0.39 is 23.5 Å². The lowest BCUT2D eigenvalue weighted by Gasteiger charge is -2.40. The molecule has 2 aliphatic rings. The van der Waals surface area contributed by atoms with Crippen molar-refractivity contribution in [2.75, 3.05) is 0 Å². The van der Waals surface area contributed by atoms with E-state index in [4.69, 9.17) is 24.7 Å². The fraction of sp³-hybridized carbons (Fsp3) is 0.160. The van der Waals surface area contributed by atoms with Gasteiger partial charge in [0.15, 0.2) is 5.60 Å². The quantitative estimate of drug-likeness (QED) is 0.546. The molecule has 0 aliphatic carbocycles. The van der Waals surface area contributed by atoms with E-state index in [1.54, 1.807) is 42.5 Å². The third kappa shape index (κ3) is 4.10. The summed E-state index contributed by atoms with van der Waals surface area (Å²) in [6.07, 6.45) is 4.83. The highest BCUT2D eigenvalue weighted by molar-refractivity contribution is 5.77. The van der Waals surface area contributed by atoms with Crippen LogP contribution < -0.4 is 19.9 Å². The zero-order chi connectivity index (χ0) is 23.8. The van der Waals surface area contributed by atoms with Gasteiger partial charge in [0.1, 0.15) is 23.0 Å². The lowest BCUT2D eigenvalue weighted by Crippen LogP contribution is -2.38. The van der Waals surface area contributed by atoms with Crippen LogP contribution in [0, 0.1) is 0 Å². The van der Waals surface area contributed by atoms with Crippen LogP contribution in [0.3, 0.4) is 0 Å². The summed E-state index contributed by atoms with van der Waals surface area (Å²) >= 11 is 0. The van der Waals surface area contributed by atoms with Gasteiger partial charge >= 0.3 is 17.9 Å². The Morgan fingerprint density at radius 3 is 2.06 bits per heavy atom. The topological polar surface area (TPSA) is 114 Å². The van der Waals surface area contributed by atoms with Crippen molar-refractivity contribution < 1.29 is 33.3 Å². The number of benzene rings is 2. The SMILES string of the molecule is C=C1/C=C(N)\C=C/CC(=O)OC12c1ccc(OC(C)=O)cc1Oc1cc(OC(C)=O)ccc12. The predicted molar refractivity (Wildman–Crippen MR) is 118 cm³/mol. The molecule has 2 aliphatic heterocycles. The van der Waals surface area contributed by atoms with E-state index in [9.17, 15) is 14.4 Å². The fourth-order valence-corrected chi connectivity index (χ4v) is 3.85. The molecule has 2 aromatic carbocycles. The van der Waals surface area contributed by atoms with Crippen molar-refractivity contribution in [3.63, 3.8) is 0 Å². The van der Waals surface area contributed by atoms with Crippen molar-refractivity contribution in [1.82, 2.24) is 0 Å². The Balaban J connectivity index is 1.98. The van der Waals surface area contributed by atoms with E-state index >= 15 is 0 Å². The molecule has 4 rings (SSSR count). The number of carbonyl (C=O) groups excluding carboxylic acids is 3. The van der Waals surface area contributed by atoms with Crippen LogP contribution in [0.2, 0.25) is 0 Å². The highest BCUT2D eigenvalue weighted by atomic mass is 16.6. The number of ether oxygens (including phenoxy) is 4. The lowest BCUT2D eigenvalue weighted by molar-refractivity contribution is -0.152. The van der Waals surface area contributed by atoms with Crippen molar-refractivity contribution in [2.24, 2.45) is 5.73 Å². The lowest BCUT2D eigenvalue weighted by atomic mass is 9.77. The summed E-state index contributed by atoms with van der Waals surface area (Å²) in [5.41, 5.74) is 6.32. The van der Waals surface area contributed by atoms with E-state index in [1.165, 1.54) is 26.0 Å². The number of hydrogen-bond acceptors (Lipinski definition) is 8. The Kier molecular flexibility index (Phi) is 5.51. The minimum atomic E-state index is -1.49. The second-order valence-corrected chi connectivity index (χ2v) is 7.54. The largest absolute Gasteiger partial charge is 0.456 e. The first kappa shape index (κ1) is 21.9. The van der Waals surface area contributed by atoms with Crippen LogP contribution in [-0.4, -0.2) is 17.9 Å². The molecule has 0 aromatic heterocycles. The van der Waals surface area contributed by atoms with E-state index in [1.807, 2.05) is 0 Å². The van der Waals surface area contributed by atoms with Crippen LogP contribution in [0.4, 0.5) is 0 Å². The third-order valence-corrected chi connectivity index (χ3v) is 5.06. The first-order valence-electron chi connectivity index (χ1n) is 10.1. The number of fused-ring (bicyclic) bond motifs is 4. The Bertz CT molecular complexity index is 1190. The number of allylic oxidation sites excluding steroid dienone is 1. The summed E-state index contributed by atoms with van der Waals surface area (Å²) in [5.74, 6) is -0.484. The van der Waals surface area contributed by atoms with Gasteiger partial charge in [-0.15, -0.1) is 0 Å². The number of hydrogen-bond donors (Lipinski definition) is 1. The molecular weight excluding hydrogens is 426 g/mol. The van der Waals surface area contributed by atoms with Gasteiger partial charge in [-0.25, -0.2) is 0 Å². The zero-order valence-corrected chi connectivity index (χ0v) is 18.0. The number of esters is 3. The molecule has 2 heterocycles. The number of nitrogens with two attached hydrogens (primary N) is 1. The first-order chi connectivity index (χ1) is 15.7. The number of rotatable bonds is 2. The summed E-state index contributed by atoms with van der Waals surface area (Å²) in [6, 6.07) is 9.46.